The lowest BCUT2D eigenvalue weighted by Crippen LogP contribution is -2.59. The maximum Gasteiger partial charge on any atom is 0.0833 e. The molecule has 2 aliphatic heterocycles. The van der Waals surface area contributed by atoms with Crippen molar-refractivity contribution in [2.75, 3.05) is 39.3 Å². The van der Waals surface area contributed by atoms with Gasteiger partial charge in [0.05, 0.1) is 12.2 Å². The van der Waals surface area contributed by atoms with Crippen LogP contribution >= 0.6 is 0 Å². The largest absolute Gasteiger partial charge is 0.370 e. The molecule has 1 aromatic rings. The zero-order chi connectivity index (χ0) is 14.5. The topological polar surface area (TPSA) is 28.6 Å². The van der Waals surface area contributed by atoms with Gasteiger partial charge in [0.2, 0.25) is 0 Å². The minimum atomic E-state index is 0.388. The van der Waals surface area contributed by atoms with E-state index in [4.69, 9.17) is 4.74 Å². The van der Waals surface area contributed by atoms with Gasteiger partial charge in [0.15, 0.2) is 0 Å². The van der Waals surface area contributed by atoms with Gasteiger partial charge in [-0.2, -0.15) is 0 Å². The van der Waals surface area contributed by atoms with Crippen LogP contribution in [0.1, 0.15) is 18.4 Å². The third kappa shape index (κ3) is 4.25. The van der Waals surface area contributed by atoms with Crippen LogP contribution in [0.25, 0.3) is 0 Å². The van der Waals surface area contributed by atoms with Crippen molar-refractivity contribution in [3.63, 3.8) is 0 Å². The summed E-state index contributed by atoms with van der Waals surface area (Å²) in [7, 11) is 0. The van der Waals surface area contributed by atoms with E-state index in [1.807, 2.05) is 12.4 Å². The molecule has 4 heteroatoms. The molecule has 3 rings (SSSR count). The van der Waals surface area contributed by atoms with Gasteiger partial charge in [-0.15, -0.1) is 0 Å². The average molecular weight is 288 g/mol. The lowest BCUT2D eigenvalue weighted by molar-refractivity contribution is -0.136. The SMILES string of the molecule is [CH2]CN1CC2CN(CCCCc3ccncc3)CC(C1)O2. The number of pyridine rings is 1. The molecule has 2 bridgehead atoms. The van der Waals surface area contributed by atoms with Gasteiger partial charge in [-0.25, -0.2) is 0 Å². The molecule has 21 heavy (non-hydrogen) atoms. The summed E-state index contributed by atoms with van der Waals surface area (Å²) in [4.78, 5) is 9.07. The molecule has 0 amide bonds. The van der Waals surface area contributed by atoms with Gasteiger partial charge in [-0.1, -0.05) is 0 Å². The standard InChI is InChI=1S/C17H26N3O/c1-2-19-11-16-13-20(14-17(12-19)21-16)10-4-3-5-15-6-8-18-9-7-15/h6-9,16-17H,1-5,10-14H2. The van der Waals surface area contributed by atoms with Gasteiger partial charge >= 0.3 is 0 Å². The molecule has 2 aliphatic rings. The smallest absolute Gasteiger partial charge is 0.0833 e. The average Bonchev–Trinajstić information content (AvgIpc) is 2.51. The van der Waals surface area contributed by atoms with Crippen molar-refractivity contribution in [1.29, 1.82) is 0 Å². The van der Waals surface area contributed by atoms with Crippen LogP contribution in [0.3, 0.4) is 0 Å². The summed E-state index contributed by atoms with van der Waals surface area (Å²) in [6, 6.07) is 4.24. The Morgan fingerprint density at radius 2 is 1.71 bits per heavy atom. The number of hydrogen-bond acceptors (Lipinski definition) is 4. The van der Waals surface area contributed by atoms with Gasteiger partial charge in [0, 0.05) is 38.6 Å². The van der Waals surface area contributed by atoms with Crippen molar-refractivity contribution >= 4 is 0 Å². The van der Waals surface area contributed by atoms with Crippen molar-refractivity contribution in [3.05, 3.63) is 37.0 Å². The van der Waals surface area contributed by atoms with Gasteiger partial charge < -0.3 is 4.74 Å². The number of fused-ring (bicyclic) bond motifs is 2. The van der Waals surface area contributed by atoms with Crippen LogP contribution in [0.15, 0.2) is 24.5 Å². The van der Waals surface area contributed by atoms with Crippen molar-refractivity contribution in [1.82, 2.24) is 14.8 Å². The molecule has 0 spiro atoms. The molecular weight excluding hydrogens is 262 g/mol. The van der Waals surface area contributed by atoms with Crippen LogP contribution in [-0.2, 0) is 11.2 Å². The number of hydrogen-bond donors (Lipinski definition) is 0. The molecule has 0 N–H and O–H groups in total. The summed E-state index contributed by atoms with van der Waals surface area (Å²) in [5.41, 5.74) is 1.40. The quantitative estimate of drug-likeness (QED) is 0.744. The molecule has 0 aliphatic carbocycles. The van der Waals surface area contributed by atoms with E-state index in [2.05, 4.69) is 33.8 Å². The van der Waals surface area contributed by atoms with Crippen LogP contribution in [-0.4, -0.2) is 66.3 Å². The normalized spacial score (nSPS) is 26.9. The molecule has 1 radical (unpaired) electrons. The lowest BCUT2D eigenvalue weighted by atomic mass is 10.1. The summed E-state index contributed by atoms with van der Waals surface area (Å²) in [5.74, 6) is 0. The fraction of sp³-hybridized carbons (Fsp3) is 0.647. The first-order chi connectivity index (χ1) is 10.3. The molecule has 2 saturated heterocycles. The van der Waals surface area contributed by atoms with Crippen LogP contribution < -0.4 is 0 Å². The highest BCUT2D eigenvalue weighted by molar-refractivity contribution is 5.09. The molecule has 0 aromatic carbocycles. The predicted octanol–water partition coefficient (Wildman–Crippen LogP) is 1.62. The Kier molecular flexibility index (Phi) is 5.22. The molecule has 3 heterocycles. The molecule has 0 saturated carbocycles. The Morgan fingerprint density at radius 3 is 2.38 bits per heavy atom. The first kappa shape index (κ1) is 14.9. The monoisotopic (exact) mass is 288 g/mol. The van der Waals surface area contributed by atoms with E-state index in [1.54, 1.807) is 0 Å². The zero-order valence-corrected chi connectivity index (χ0v) is 12.8. The first-order valence-electron chi connectivity index (χ1n) is 8.12. The zero-order valence-electron chi connectivity index (χ0n) is 12.8. The Morgan fingerprint density at radius 1 is 1.05 bits per heavy atom. The summed E-state index contributed by atoms with van der Waals surface area (Å²) in [5, 5.41) is 0. The van der Waals surface area contributed by atoms with E-state index in [0.717, 1.165) is 39.1 Å². The number of morpholine rings is 2. The molecule has 115 valence electrons. The van der Waals surface area contributed by atoms with E-state index in [-0.39, 0.29) is 0 Å². The van der Waals surface area contributed by atoms with Gasteiger partial charge in [-0.05, 0) is 57.0 Å². The van der Waals surface area contributed by atoms with Gasteiger partial charge in [-0.3, -0.25) is 14.8 Å². The summed E-state index contributed by atoms with van der Waals surface area (Å²) in [6.45, 7) is 10.4. The molecular formula is C17H26N3O. The van der Waals surface area contributed by atoms with Crippen molar-refractivity contribution in [3.8, 4) is 0 Å². The Labute approximate surface area is 128 Å². The van der Waals surface area contributed by atoms with Crippen LogP contribution in [0.5, 0.6) is 0 Å². The Hall–Kier alpha value is -0.970. The third-order valence-corrected chi connectivity index (χ3v) is 4.49. The van der Waals surface area contributed by atoms with E-state index in [9.17, 15) is 0 Å². The highest BCUT2D eigenvalue weighted by Crippen LogP contribution is 2.19. The fourth-order valence-corrected chi connectivity index (χ4v) is 3.44. The number of ether oxygens (including phenoxy) is 1. The number of unbranched alkanes of at least 4 members (excludes halogenated alkanes) is 1. The minimum absolute atomic E-state index is 0.388. The highest BCUT2D eigenvalue weighted by atomic mass is 16.5. The molecule has 2 unspecified atom stereocenters. The van der Waals surface area contributed by atoms with Crippen LogP contribution in [0.4, 0.5) is 0 Å². The van der Waals surface area contributed by atoms with Crippen molar-refractivity contribution in [2.45, 2.75) is 31.5 Å². The van der Waals surface area contributed by atoms with E-state index >= 15 is 0 Å². The second-order valence-electron chi connectivity index (χ2n) is 6.21. The minimum Gasteiger partial charge on any atom is -0.370 e. The van der Waals surface area contributed by atoms with Crippen LogP contribution in [0.2, 0.25) is 0 Å². The molecule has 2 fully saturated rings. The highest BCUT2D eigenvalue weighted by Gasteiger charge is 2.33. The van der Waals surface area contributed by atoms with E-state index in [1.165, 1.54) is 24.9 Å². The number of aromatic nitrogens is 1. The van der Waals surface area contributed by atoms with Gasteiger partial charge in [0.25, 0.3) is 0 Å². The predicted molar refractivity (Wildman–Crippen MR) is 84.1 cm³/mol. The fourth-order valence-electron chi connectivity index (χ4n) is 3.44. The van der Waals surface area contributed by atoms with E-state index < -0.39 is 0 Å². The number of aryl methyl sites for hydroxylation is 1. The summed E-state index contributed by atoms with van der Waals surface area (Å²) in [6.07, 6.45) is 8.22. The number of nitrogens with zero attached hydrogens (tertiary/aromatic N) is 3. The molecule has 2 atom stereocenters. The summed E-state index contributed by atoms with van der Waals surface area (Å²) < 4.78 is 6.04. The first-order valence-corrected chi connectivity index (χ1v) is 8.12. The van der Waals surface area contributed by atoms with E-state index in [0.29, 0.717) is 12.2 Å². The molecule has 4 nitrogen and oxygen atoms in total. The van der Waals surface area contributed by atoms with Crippen molar-refractivity contribution < 1.29 is 4.74 Å². The van der Waals surface area contributed by atoms with Gasteiger partial charge in [0.1, 0.15) is 0 Å². The second kappa shape index (κ2) is 7.34. The van der Waals surface area contributed by atoms with Crippen molar-refractivity contribution in [2.24, 2.45) is 0 Å². The number of rotatable bonds is 6. The Balaban J connectivity index is 1.37. The molecule has 1 aromatic heterocycles. The maximum atomic E-state index is 6.04. The lowest BCUT2D eigenvalue weighted by Gasteiger charge is -2.45. The maximum absolute atomic E-state index is 6.04. The van der Waals surface area contributed by atoms with Crippen LogP contribution in [0, 0.1) is 6.92 Å². The summed E-state index contributed by atoms with van der Waals surface area (Å²) >= 11 is 0. The Bertz CT molecular complexity index is 411. The third-order valence-electron chi connectivity index (χ3n) is 4.49. The second-order valence-corrected chi connectivity index (χ2v) is 6.21.